The standard InChI is InChI=1S/C20H23FN4O3/c21-15-3-1-14(2-4-15)12-24-8-7-17(20(24)28)23-9-10-25(19(27)13-23)18-6-5-16(26)11-22-18/h1-3,5-6,11,15,17,26H,4,7-10,12-13H2/t15?,17-/m1/s1. The molecular weight excluding hydrogens is 363 g/mol. The maximum atomic E-state index is 13.2. The monoisotopic (exact) mass is 386 g/mol. The van der Waals surface area contributed by atoms with E-state index in [-0.39, 0.29) is 30.2 Å². The van der Waals surface area contributed by atoms with Crippen LogP contribution < -0.4 is 4.90 Å². The Morgan fingerprint density at radius 2 is 2.07 bits per heavy atom. The van der Waals surface area contributed by atoms with Crippen molar-refractivity contribution in [2.24, 2.45) is 0 Å². The van der Waals surface area contributed by atoms with Crippen molar-refractivity contribution in [3.8, 4) is 5.75 Å². The number of allylic oxidation sites excluding steroid dienone is 2. The number of hydrogen-bond donors (Lipinski definition) is 1. The summed E-state index contributed by atoms with van der Waals surface area (Å²) >= 11 is 0. The fraction of sp³-hybridized carbons (Fsp3) is 0.450. The Balaban J connectivity index is 1.35. The highest BCUT2D eigenvalue weighted by molar-refractivity contribution is 5.95. The third kappa shape index (κ3) is 3.77. The molecule has 0 aromatic carbocycles. The zero-order valence-corrected chi connectivity index (χ0v) is 15.5. The van der Waals surface area contributed by atoms with Crippen LogP contribution in [-0.4, -0.2) is 76.6 Å². The fourth-order valence-corrected chi connectivity index (χ4v) is 3.93. The first kappa shape index (κ1) is 18.6. The molecule has 0 saturated carbocycles. The van der Waals surface area contributed by atoms with Crippen LogP contribution >= 0.6 is 0 Å². The largest absolute Gasteiger partial charge is 0.506 e. The summed E-state index contributed by atoms with van der Waals surface area (Å²) in [5.74, 6) is 0.476. The molecule has 4 rings (SSSR count). The van der Waals surface area contributed by atoms with Gasteiger partial charge in [0.1, 0.15) is 17.7 Å². The Kier molecular flexibility index (Phi) is 5.13. The molecule has 2 atom stereocenters. The third-order valence-electron chi connectivity index (χ3n) is 5.47. The first-order chi connectivity index (χ1) is 13.5. The molecular formula is C20H23FN4O3. The van der Waals surface area contributed by atoms with Crippen LogP contribution in [0, 0.1) is 0 Å². The molecule has 8 heteroatoms. The molecule has 1 aliphatic carbocycles. The van der Waals surface area contributed by atoms with Gasteiger partial charge in [0, 0.05) is 32.6 Å². The average molecular weight is 386 g/mol. The summed E-state index contributed by atoms with van der Waals surface area (Å²) in [5.41, 5.74) is 0.960. The lowest BCUT2D eigenvalue weighted by molar-refractivity contribution is -0.133. The van der Waals surface area contributed by atoms with E-state index >= 15 is 0 Å². The van der Waals surface area contributed by atoms with Gasteiger partial charge in [-0.2, -0.15) is 0 Å². The van der Waals surface area contributed by atoms with Crippen molar-refractivity contribution in [2.45, 2.75) is 25.1 Å². The van der Waals surface area contributed by atoms with Crippen molar-refractivity contribution < 1.29 is 19.1 Å². The highest BCUT2D eigenvalue weighted by atomic mass is 19.1. The maximum absolute atomic E-state index is 13.2. The van der Waals surface area contributed by atoms with Gasteiger partial charge in [-0.05, 0) is 24.1 Å². The molecule has 2 fully saturated rings. The lowest BCUT2D eigenvalue weighted by Gasteiger charge is -2.36. The molecule has 0 radical (unpaired) electrons. The van der Waals surface area contributed by atoms with Gasteiger partial charge in [0.2, 0.25) is 11.8 Å². The van der Waals surface area contributed by atoms with Gasteiger partial charge in [0.05, 0.1) is 18.8 Å². The van der Waals surface area contributed by atoms with E-state index in [1.54, 1.807) is 21.9 Å². The summed E-state index contributed by atoms with van der Waals surface area (Å²) in [6.45, 7) is 2.33. The van der Waals surface area contributed by atoms with Crippen LogP contribution in [0.25, 0.3) is 0 Å². The van der Waals surface area contributed by atoms with Gasteiger partial charge in [0.15, 0.2) is 0 Å². The van der Waals surface area contributed by atoms with E-state index in [1.165, 1.54) is 18.3 Å². The van der Waals surface area contributed by atoms with Crippen LogP contribution in [-0.2, 0) is 9.59 Å². The number of nitrogens with zero attached hydrogens (tertiary/aromatic N) is 4. The number of piperazine rings is 1. The molecule has 3 heterocycles. The van der Waals surface area contributed by atoms with Crippen LogP contribution in [0.15, 0.2) is 42.1 Å². The van der Waals surface area contributed by atoms with Crippen molar-refractivity contribution in [3.05, 3.63) is 42.1 Å². The summed E-state index contributed by atoms with van der Waals surface area (Å²) in [4.78, 5) is 34.8. The Morgan fingerprint density at radius 3 is 2.75 bits per heavy atom. The van der Waals surface area contributed by atoms with E-state index in [4.69, 9.17) is 0 Å². The minimum absolute atomic E-state index is 0.0284. The van der Waals surface area contributed by atoms with Crippen molar-refractivity contribution >= 4 is 17.6 Å². The number of aromatic nitrogens is 1. The summed E-state index contributed by atoms with van der Waals surface area (Å²) in [7, 11) is 0. The van der Waals surface area contributed by atoms with Crippen LogP contribution in [0.1, 0.15) is 12.8 Å². The smallest absolute Gasteiger partial charge is 0.242 e. The zero-order valence-electron chi connectivity index (χ0n) is 15.5. The van der Waals surface area contributed by atoms with Gasteiger partial charge in [-0.25, -0.2) is 9.37 Å². The van der Waals surface area contributed by atoms with Gasteiger partial charge in [0.25, 0.3) is 0 Å². The highest BCUT2D eigenvalue weighted by Crippen LogP contribution is 2.24. The molecule has 2 aliphatic heterocycles. The fourth-order valence-electron chi connectivity index (χ4n) is 3.93. The number of amides is 2. The number of likely N-dealkylation sites (tertiary alicyclic amines) is 1. The Bertz CT molecular complexity index is 823. The zero-order chi connectivity index (χ0) is 19.7. The second-order valence-electron chi connectivity index (χ2n) is 7.34. The number of hydrogen-bond acceptors (Lipinski definition) is 5. The molecule has 1 aromatic rings. The van der Waals surface area contributed by atoms with Crippen LogP contribution in [0.2, 0.25) is 0 Å². The normalized spacial score (nSPS) is 26.1. The molecule has 2 saturated heterocycles. The Morgan fingerprint density at radius 1 is 1.21 bits per heavy atom. The number of alkyl halides is 1. The average Bonchev–Trinajstić information content (AvgIpc) is 3.05. The topological polar surface area (TPSA) is 77.0 Å². The number of anilines is 1. The van der Waals surface area contributed by atoms with Gasteiger partial charge in [-0.1, -0.05) is 18.2 Å². The van der Waals surface area contributed by atoms with Crippen molar-refractivity contribution in [1.29, 1.82) is 0 Å². The highest BCUT2D eigenvalue weighted by Gasteiger charge is 2.39. The second-order valence-corrected chi connectivity index (χ2v) is 7.34. The molecule has 148 valence electrons. The molecule has 3 aliphatic rings. The van der Waals surface area contributed by atoms with Gasteiger partial charge < -0.3 is 10.0 Å². The van der Waals surface area contributed by atoms with Gasteiger partial charge in [-0.3, -0.25) is 19.4 Å². The minimum Gasteiger partial charge on any atom is -0.506 e. The van der Waals surface area contributed by atoms with Crippen LogP contribution in [0.4, 0.5) is 10.2 Å². The molecule has 1 aromatic heterocycles. The quantitative estimate of drug-likeness (QED) is 0.843. The molecule has 7 nitrogen and oxygen atoms in total. The minimum atomic E-state index is -0.934. The van der Waals surface area contributed by atoms with E-state index in [0.717, 1.165) is 5.57 Å². The summed E-state index contributed by atoms with van der Waals surface area (Å²) in [6.07, 6.45) is 6.55. The summed E-state index contributed by atoms with van der Waals surface area (Å²) < 4.78 is 13.2. The van der Waals surface area contributed by atoms with Gasteiger partial charge in [-0.15, -0.1) is 0 Å². The molecule has 0 bridgehead atoms. The van der Waals surface area contributed by atoms with Crippen molar-refractivity contribution in [3.63, 3.8) is 0 Å². The second kappa shape index (κ2) is 7.71. The first-order valence-electron chi connectivity index (χ1n) is 9.51. The predicted octanol–water partition coefficient (Wildman–Crippen LogP) is 1.26. The number of aromatic hydroxyl groups is 1. The first-order valence-corrected chi connectivity index (χ1v) is 9.51. The number of rotatable bonds is 4. The van der Waals surface area contributed by atoms with Crippen LogP contribution in [0.3, 0.4) is 0 Å². The van der Waals surface area contributed by atoms with Crippen molar-refractivity contribution in [1.82, 2.24) is 14.8 Å². The van der Waals surface area contributed by atoms with E-state index in [9.17, 15) is 19.1 Å². The molecule has 2 amide bonds. The number of carbonyl (C=O) groups is 2. The van der Waals surface area contributed by atoms with Crippen LogP contribution in [0.5, 0.6) is 5.75 Å². The Labute approximate surface area is 162 Å². The number of halogens is 1. The number of carbonyl (C=O) groups excluding carboxylic acids is 2. The van der Waals surface area contributed by atoms with E-state index < -0.39 is 6.17 Å². The van der Waals surface area contributed by atoms with E-state index in [0.29, 0.717) is 44.8 Å². The SMILES string of the molecule is O=C1[C@H](N2CCN(c3ccc(O)cn3)C(=O)C2)CCN1CC1=CCC(F)C=C1. The Hall–Kier alpha value is -2.74. The maximum Gasteiger partial charge on any atom is 0.242 e. The summed E-state index contributed by atoms with van der Waals surface area (Å²) in [6, 6.07) is 2.82. The summed E-state index contributed by atoms with van der Waals surface area (Å²) in [5, 5.41) is 9.35. The molecule has 1 unspecified atom stereocenters. The van der Waals surface area contributed by atoms with Crippen molar-refractivity contribution in [2.75, 3.05) is 37.6 Å². The molecule has 0 spiro atoms. The molecule has 1 N–H and O–H groups in total. The lowest BCUT2D eigenvalue weighted by Crippen LogP contribution is -2.55. The van der Waals surface area contributed by atoms with E-state index in [1.807, 2.05) is 11.0 Å². The van der Waals surface area contributed by atoms with Gasteiger partial charge >= 0.3 is 0 Å². The third-order valence-corrected chi connectivity index (χ3v) is 5.47. The van der Waals surface area contributed by atoms with E-state index in [2.05, 4.69) is 4.98 Å². The predicted molar refractivity (Wildman–Crippen MR) is 102 cm³/mol. The number of pyridine rings is 1. The lowest BCUT2D eigenvalue weighted by atomic mass is 10.1. The molecule has 28 heavy (non-hydrogen) atoms.